The highest BCUT2D eigenvalue weighted by Gasteiger charge is 2.30. The van der Waals surface area contributed by atoms with Crippen LogP contribution in [0.15, 0.2) is 33.7 Å². The number of carbonyl (C=O) groups excluding carboxylic acids is 1. The molecule has 1 fully saturated rings. The largest absolute Gasteiger partial charge is 0.332 e. The molecule has 3 rings (SSSR count). The Morgan fingerprint density at radius 2 is 2.06 bits per heavy atom. The average molecular weight is 263 g/mol. The quantitative estimate of drug-likeness (QED) is 0.807. The number of likely N-dealkylation sites (tertiary alicyclic amines) is 1. The van der Waals surface area contributed by atoms with E-state index in [2.05, 4.69) is 16.8 Å². The van der Waals surface area contributed by atoms with E-state index in [0.29, 0.717) is 0 Å². The van der Waals surface area contributed by atoms with Gasteiger partial charge < -0.3 is 4.90 Å². The summed E-state index contributed by atoms with van der Waals surface area (Å²) in [7, 11) is 0. The molecule has 88 valence electrons. The van der Waals surface area contributed by atoms with Crippen LogP contribution in [0.4, 0.5) is 0 Å². The first kappa shape index (κ1) is 11.0. The van der Waals surface area contributed by atoms with Crippen LogP contribution in [0.5, 0.6) is 0 Å². The van der Waals surface area contributed by atoms with Crippen LogP contribution in [-0.4, -0.2) is 17.4 Å². The van der Waals surface area contributed by atoms with Crippen LogP contribution in [0.2, 0.25) is 0 Å². The van der Waals surface area contributed by atoms with Gasteiger partial charge in [-0.3, -0.25) is 4.79 Å². The van der Waals surface area contributed by atoms with Gasteiger partial charge in [-0.15, -0.1) is 0 Å². The Bertz CT molecular complexity index is 489. The first-order valence-corrected chi connectivity index (χ1v) is 7.60. The van der Waals surface area contributed by atoms with Crippen molar-refractivity contribution < 1.29 is 4.79 Å². The summed E-state index contributed by atoms with van der Waals surface area (Å²) in [6.07, 6.45) is 2.20. The fraction of sp³-hybridized carbons (Fsp3) is 0.308. The van der Waals surface area contributed by atoms with E-state index in [-0.39, 0.29) is 11.9 Å². The molecule has 1 aliphatic heterocycles. The van der Waals surface area contributed by atoms with Gasteiger partial charge in [-0.1, -0.05) is 0 Å². The van der Waals surface area contributed by atoms with Gasteiger partial charge in [0, 0.05) is 11.9 Å². The predicted octanol–water partition coefficient (Wildman–Crippen LogP) is 3.79. The van der Waals surface area contributed by atoms with Gasteiger partial charge in [-0.2, -0.15) is 22.7 Å². The fourth-order valence-electron chi connectivity index (χ4n) is 2.37. The molecule has 3 heterocycles. The second-order valence-electron chi connectivity index (χ2n) is 4.23. The van der Waals surface area contributed by atoms with Crippen molar-refractivity contribution in [2.24, 2.45) is 0 Å². The van der Waals surface area contributed by atoms with Gasteiger partial charge in [0.15, 0.2) is 0 Å². The van der Waals surface area contributed by atoms with E-state index in [1.54, 1.807) is 22.7 Å². The predicted molar refractivity (Wildman–Crippen MR) is 71.6 cm³/mol. The van der Waals surface area contributed by atoms with Crippen molar-refractivity contribution in [2.45, 2.75) is 18.9 Å². The van der Waals surface area contributed by atoms with E-state index in [4.69, 9.17) is 0 Å². The van der Waals surface area contributed by atoms with Gasteiger partial charge in [0.05, 0.1) is 11.6 Å². The fourth-order valence-corrected chi connectivity index (χ4v) is 3.71. The third-order valence-corrected chi connectivity index (χ3v) is 4.59. The molecule has 0 aromatic carbocycles. The molecule has 1 unspecified atom stereocenters. The van der Waals surface area contributed by atoms with Crippen molar-refractivity contribution in [1.29, 1.82) is 0 Å². The minimum absolute atomic E-state index is 0.181. The number of thiophene rings is 2. The Hall–Kier alpha value is -1.13. The van der Waals surface area contributed by atoms with Crippen LogP contribution in [0.25, 0.3) is 0 Å². The van der Waals surface area contributed by atoms with Crippen molar-refractivity contribution in [3.63, 3.8) is 0 Å². The van der Waals surface area contributed by atoms with Gasteiger partial charge in [-0.25, -0.2) is 0 Å². The molecule has 2 aromatic heterocycles. The number of rotatable bonds is 2. The molecule has 0 aliphatic carbocycles. The summed E-state index contributed by atoms with van der Waals surface area (Å²) in [5.41, 5.74) is 2.12. The van der Waals surface area contributed by atoms with E-state index < -0.39 is 0 Å². The first-order chi connectivity index (χ1) is 8.36. The minimum atomic E-state index is 0.181. The van der Waals surface area contributed by atoms with Crippen molar-refractivity contribution in [1.82, 2.24) is 4.90 Å². The number of hydrogen-bond donors (Lipinski definition) is 0. The van der Waals surface area contributed by atoms with Gasteiger partial charge in [0.1, 0.15) is 0 Å². The molecule has 0 bridgehead atoms. The molecule has 0 radical (unpaired) electrons. The van der Waals surface area contributed by atoms with Crippen LogP contribution in [0.1, 0.15) is 34.8 Å². The lowest BCUT2D eigenvalue weighted by molar-refractivity contribution is 0.0736. The van der Waals surface area contributed by atoms with Crippen molar-refractivity contribution in [3.8, 4) is 0 Å². The molecular formula is C13H13NOS2. The lowest BCUT2D eigenvalue weighted by atomic mass is 10.1. The molecule has 0 N–H and O–H groups in total. The topological polar surface area (TPSA) is 20.3 Å². The summed E-state index contributed by atoms with van der Waals surface area (Å²) >= 11 is 3.28. The summed E-state index contributed by atoms with van der Waals surface area (Å²) in [4.78, 5) is 14.4. The highest BCUT2D eigenvalue weighted by Crippen LogP contribution is 2.34. The second kappa shape index (κ2) is 4.63. The lowest BCUT2D eigenvalue weighted by Gasteiger charge is -2.23. The molecule has 4 heteroatoms. The van der Waals surface area contributed by atoms with E-state index in [1.165, 1.54) is 5.56 Å². The van der Waals surface area contributed by atoms with E-state index in [1.807, 2.05) is 21.7 Å². The highest BCUT2D eigenvalue weighted by molar-refractivity contribution is 7.08. The molecule has 1 saturated heterocycles. The van der Waals surface area contributed by atoms with Crippen molar-refractivity contribution in [2.75, 3.05) is 6.54 Å². The molecule has 1 amide bonds. The Kier molecular flexibility index (Phi) is 2.99. The monoisotopic (exact) mass is 263 g/mol. The number of hydrogen-bond acceptors (Lipinski definition) is 3. The maximum atomic E-state index is 12.3. The molecule has 2 aromatic rings. The lowest BCUT2D eigenvalue weighted by Crippen LogP contribution is -2.29. The Balaban J connectivity index is 1.85. The molecule has 1 aliphatic rings. The summed E-state index contributed by atoms with van der Waals surface area (Å²) in [5, 5.41) is 8.14. The number of amides is 1. The molecule has 1 atom stereocenters. The van der Waals surface area contributed by atoms with E-state index in [0.717, 1.165) is 24.9 Å². The zero-order valence-electron chi connectivity index (χ0n) is 9.33. The molecule has 17 heavy (non-hydrogen) atoms. The summed E-state index contributed by atoms with van der Waals surface area (Å²) in [6.45, 7) is 0.884. The van der Waals surface area contributed by atoms with Crippen LogP contribution in [-0.2, 0) is 0 Å². The average Bonchev–Trinajstić information content (AvgIpc) is 3.09. The third-order valence-electron chi connectivity index (χ3n) is 3.21. The standard InChI is InChI=1S/C13H13NOS2/c15-13(11-4-7-17-9-11)14-5-1-2-12(14)10-3-6-16-8-10/h3-4,6-9,12H,1-2,5H2. The summed E-state index contributed by atoms with van der Waals surface area (Å²) < 4.78 is 0. The summed E-state index contributed by atoms with van der Waals surface area (Å²) in [6, 6.07) is 4.33. The van der Waals surface area contributed by atoms with Crippen LogP contribution in [0, 0.1) is 0 Å². The van der Waals surface area contributed by atoms with Crippen molar-refractivity contribution >= 4 is 28.6 Å². The summed E-state index contributed by atoms with van der Waals surface area (Å²) in [5.74, 6) is 0.181. The Labute approximate surface area is 109 Å². The molecule has 2 nitrogen and oxygen atoms in total. The maximum absolute atomic E-state index is 12.3. The SMILES string of the molecule is O=C(c1ccsc1)N1CCCC1c1ccsc1. The Morgan fingerprint density at radius 3 is 2.76 bits per heavy atom. The zero-order valence-corrected chi connectivity index (χ0v) is 11.0. The van der Waals surface area contributed by atoms with Crippen LogP contribution >= 0.6 is 22.7 Å². The molecular weight excluding hydrogens is 250 g/mol. The minimum Gasteiger partial charge on any atom is -0.332 e. The normalized spacial score (nSPS) is 19.8. The smallest absolute Gasteiger partial charge is 0.255 e. The van der Waals surface area contributed by atoms with Gasteiger partial charge in [0.25, 0.3) is 5.91 Å². The van der Waals surface area contributed by atoms with Gasteiger partial charge >= 0.3 is 0 Å². The highest BCUT2D eigenvalue weighted by atomic mass is 32.1. The first-order valence-electron chi connectivity index (χ1n) is 5.71. The Morgan fingerprint density at radius 1 is 1.24 bits per heavy atom. The van der Waals surface area contributed by atoms with Gasteiger partial charge in [0.2, 0.25) is 0 Å². The van der Waals surface area contributed by atoms with Crippen molar-refractivity contribution in [3.05, 3.63) is 44.8 Å². The molecule has 0 spiro atoms. The second-order valence-corrected chi connectivity index (χ2v) is 5.79. The van der Waals surface area contributed by atoms with E-state index >= 15 is 0 Å². The third kappa shape index (κ3) is 2.03. The van der Waals surface area contributed by atoms with Crippen LogP contribution in [0.3, 0.4) is 0 Å². The zero-order chi connectivity index (χ0) is 11.7. The molecule has 0 saturated carbocycles. The van der Waals surface area contributed by atoms with Crippen LogP contribution < -0.4 is 0 Å². The number of nitrogens with zero attached hydrogens (tertiary/aromatic N) is 1. The number of carbonyl (C=O) groups is 1. The van der Waals surface area contributed by atoms with Gasteiger partial charge in [-0.05, 0) is 46.7 Å². The maximum Gasteiger partial charge on any atom is 0.255 e. The van der Waals surface area contributed by atoms with E-state index in [9.17, 15) is 4.79 Å².